The van der Waals surface area contributed by atoms with Crippen LogP contribution >= 0.6 is 0 Å². The lowest BCUT2D eigenvalue weighted by Gasteiger charge is -2.24. The van der Waals surface area contributed by atoms with E-state index in [2.05, 4.69) is 12.2 Å². The molecular formula is C21H23N3O2. The van der Waals surface area contributed by atoms with Crippen LogP contribution in [-0.4, -0.2) is 17.1 Å². The third-order valence-corrected chi connectivity index (χ3v) is 4.56. The number of urea groups is 1. The number of para-hydroxylation sites is 1. The van der Waals surface area contributed by atoms with Crippen molar-refractivity contribution in [1.29, 1.82) is 0 Å². The molecule has 0 unspecified atom stereocenters. The van der Waals surface area contributed by atoms with Gasteiger partial charge in [0.15, 0.2) is 0 Å². The second-order valence-corrected chi connectivity index (χ2v) is 6.16. The number of carbonyl (C=O) groups is 1. The lowest BCUT2D eigenvalue weighted by atomic mass is 10.1. The number of pyridine rings is 1. The number of nitrogens with zero attached hydrogens (tertiary/aromatic N) is 2. The van der Waals surface area contributed by atoms with Gasteiger partial charge >= 0.3 is 6.03 Å². The largest absolute Gasteiger partial charge is 0.326 e. The first kappa shape index (κ1) is 17.7. The Morgan fingerprint density at radius 1 is 1.04 bits per heavy atom. The Morgan fingerprint density at radius 2 is 1.69 bits per heavy atom. The Labute approximate surface area is 152 Å². The van der Waals surface area contributed by atoms with E-state index in [0.29, 0.717) is 17.6 Å². The van der Waals surface area contributed by atoms with Crippen molar-refractivity contribution >= 4 is 28.2 Å². The van der Waals surface area contributed by atoms with E-state index in [1.165, 1.54) is 4.57 Å². The maximum absolute atomic E-state index is 13.0. The molecule has 1 N–H and O–H groups in total. The lowest BCUT2D eigenvalue weighted by Crippen LogP contribution is -2.35. The number of hydrogen-bond donors (Lipinski definition) is 1. The lowest BCUT2D eigenvalue weighted by molar-refractivity contribution is 0.257. The predicted molar refractivity (Wildman–Crippen MR) is 107 cm³/mol. The van der Waals surface area contributed by atoms with E-state index in [1.54, 1.807) is 24.2 Å². The van der Waals surface area contributed by atoms with Gasteiger partial charge < -0.3 is 9.88 Å². The first-order valence-corrected chi connectivity index (χ1v) is 8.81. The monoisotopic (exact) mass is 349 g/mol. The molecule has 0 atom stereocenters. The molecule has 0 aliphatic heterocycles. The topological polar surface area (TPSA) is 54.3 Å². The van der Waals surface area contributed by atoms with Crippen LogP contribution < -0.4 is 15.8 Å². The van der Waals surface area contributed by atoms with Crippen LogP contribution in [0.25, 0.3) is 10.8 Å². The maximum atomic E-state index is 13.0. The summed E-state index contributed by atoms with van der Waals surface area (Å²) in [4.78, 5) is 27.0. The van der Waals surface area contributed by atoms with Crippen LogP contribution in [0.15, 0.2) is 59.5 Å². The number of fused-ring (bicyclic) bond motifs is 1. The summed E-state index contributed by atoms with van der Waals surface area (Å²) in [6, 6.07) is 15.0. The Bertz CT molecular complexity index is 1010. The number of hydrogen-bond acceptors (Lipinski definition) is 2. The van der Waals surface area contributed by atoms with Gasteiger partial charge in [0.05, 0.1) is 5.69 Å². The fourth-order valence-corrected chi connectivity index (χ4v) is 3.20. The minimum Gasteiger partial charge on any atom is -0.316 e. The summed E-state index contributed by atoms with van der Waals surface area (Å²) in [5.74, 6) is 0. The summed E-state index contributed by atoms with van der Waals surface area (Å²) >= 11 is 0. The average Bonchev–Trinajstić information content (AvgIpc) is 2.67. The Morgan fingerprint density at radius 3 is 2.38 bits per heavy atom. The minimum absolute atomic E-state index is 0.0812. The van der Waals surface area contributed by atoms with Crippen LogP contribution in [-0.2, 0) is 13.5 Å². The van der Waals surface area contributed by atoms with Gasteiger partial charge in [-0.2, -0.15) is 0 Å². The smallest absolute Gasteiger partial charge is 0.316 e. The van der Waals surface area contributed by atoms with Gasteiger partial charge in [0.25, 0.3) is 5.56 Å². The fraction of sp³-hybridized carbons (Fsp3) is 0.238. The highest BCUT2D eigenvalue weighted by atomic mass is 16.2. The van der Waals surface area contributed by atoms with Gasteiger partial charge in [-0.15, -0.1) is 0 Å². The average molecular weight is 349 g/mol. The molecule has 0 saturated carbocycles. The predicted octanol–water partition coefficient (Wildman–Crippen LogP) is 4.16. The number of nitrogens with one attached hydrogen (secondary N) is 1. The summed E-state index contributed by atoms with van der Waals surface area (Å²) < 4.78 is 1.49. The maximum Gasteiger partial charge on any atom is 0.326 e. The highest BCUT2D eigenvalue weighted by Gasteiger charge is 2.18. The first-order valence-electron chi connectivity index (χ1n) is 8.81. The molecule has 1 heterocycles. The molecule has 5 nitrogen and oxygen atoms in total. The molecule has 0 aliphatic carbocycles. The number of anilines is 2. The second kappa shape index (κ2) is 7.44. The summed E-state index contributed by atoms with van der Waals surface area (Å²) in [5.41, 5.74) is 2.57. The highest BCUT2D eigenvalue weighted by molar-refractivity contribution is 6.07. The van der Waals surface area contributed by atoms with Crippen molar-refractivity contribution in [2.75, 3.05) is 16.8 Å². The Kier molecular flexibility index (Phi) is 5.07. The molecule has 3 aromatic rings. The number of aryl methyl sites for hydroxylation is 2. The zero-order valence-electron chi connectivity index (χ0n) is 15.3. The van der Waals surface area contributed by atoms with Gasteiger partial charge in [0.2, 0.25) is 0 Å². The molecule has 0 bridgehead atoms. The van der Waals surface area contributed by atoms with Crippen molar-refractivity contribution in [3.8, 4) is 0 Å². The quantitative estimate of drug-likeness (QED) is 0.769. The second-order valence-electron chi connectivity index (χ2n) is 6.16. The molecule has 0 fully saturated rings. The number of amides is 2. The molecule has 0 aliphatic rings. The van der Waals surface area contributed by atoms with Crippen molar-refractivity contribution in [3.63, 3.8) is 0 Å². The summed E-state index contributed by atoms with van der Waals surface area (Å²) in [5, 5.41) is 4.31. The number of rotatable bonds is 4. The van der Waals surface area contributed by atoms with Gasteiger partial charge in [0, 0.05) is 36.2 Å². The van der Waals surface area contributed by atoms with Crippen LogP contribution in [0.3, 0.4) is 0 Å². The van der Waals surface area contributed by atoms with Crippen molar-refractivity contribution < 1.29 is 4.79 Å². The van der Waals surface area contributed by atoms with Crippen LogP contribution in [0.4, 0.5) is 16.2 Å². The first-order chi connectivity index (χ1) is 12.6. The van der Waals surface area contributed by atoms with Crippen LogP contribution in [0.5, 0.6) is 0 Å². The van der Waals surface area contributed by atoms with Crippen LogP contribution in [0.2, 0.25) is 0 Å². The Balaban J connectivity index is 2.00. The van der Waals surface area contributed by atoms with E-state index in [1.807, 2.05) is 49.4 Å². The molecule has 134 valence electrons. The van der Waals surface area contributed by atoms with Crippen molar-refractivity contribution in [2.45, 2.75) is 20.3 Å². The molecule has 26 heavy (non-hydrogen) atoms. The van der Waals surface area contributed by atoms with Crippen LogP contribution in [0, 0.1) is 0 Å². The van der Waals surface area contributed by atoms with Crippen molar-refractivity contribution in [1.82, 2.24) is 4.57 Å². The normalized spacial score (nSPS) is 10.7. The number of carbonyl (C=O) groups excluding carboxylic acids is 1. The van der Waals surface area contributed by atoms with Gasteiger partial charge in [-0.3, -0.25) is 9.69 Å². The van der Waals surface area contributed by atoms with E-state index < -0.39 is 0 Å². The van der Waals surface area contributed by atoms with E-state index >= 15 is 0 Å². The summed E-state index contributed by atoms with van der Waals surface area (Å²) in [6.07, 6.45) is 2.52. The van der Waals surface area contributed by atoms with Gasteiger partial charge in [-0.1, -0.05) is 43.3 Å². The molecule has 5 heteroatoms. The third kappa shape index (κ3) is 3.20. The standard InChI is InChI=1S/C21H23N3O2/c1-4-15-10-6-9-13-19(15)24(5-2)21(26)22-18-14-23(3)20(25)17-12-8-7-11-16(17)18/h6-14H,4-5H2,1-3H3,(H,22,26). The molecular weight excluding hydrogens is 326 g/mol. The molecule has 0 spiro atoms. The third-order valence-electron chi connectivity index (χ3n) is 4.56. The van der Waals surface area contributed by atoms with E-state index in [9.17, 15) is 9.59 Å². The van der Waals surface area contributed by atoms with Crippen molar-refractivity contribution in [2.24, 2.45) is 7.05 Å². The summed E-state index contributed by atoms with van der Waals surface area (Å²) in [6.45, 7) is 4.57. The molecule has 0 saturated heterocycles. The number of aromatic nitrogens is 1. The van der Waals surface area contributed by atoms with E-state index in [4.69, 9.17) is 0 Å². The molecule has 2 amide bonds. The molecule has 1 aromatic heterocycles. The highest BCUT2D eigenvalue weighted by Crippen LogP contribution is 2.24. The van der Waals surface area contributed by atoms with Crippen molar-refractivity contribution in [3.05, 3.63) is 70.6 Å². The van der Waals surface area contributed by atoms with Gasteiger partial charge in [-0.25, -0.2) is 4.79 Å². The molecule has 0 radical (unpaired) electrons. The van der Waals surface area contributed by atoms with E-state index in [-0.39, 0.29) is 11.6 Å². The zero-order chi connectivity index (χ0) is 18.7. The molecule has 3 rings (SSSR count). The fourth-order valence-electron chi connectivity index (χ4n) is 3.20. The SMILES string of the molecule is CCc1ccccc1N(CC)C(=O)Nc1cn(C)c(=O)c2ccccc12. The number of benzene rings is 2. The Hall–Kier alpha value is -3.08. The zero-order valence-corrected chi connectivity index (χ0v) is 15.3. The summed E-state index contributed by atoms with van der Waals surface area (Å²) in [7, 11) is 1.69. The van der Waals surface area contributed by atoms with Crippen LogP contribution in [0.1, 0.15) is 19.4 Å². The van der Waals surface area contributed by atoms with Gasteiger partial charge in [-0.05, 0) is 31.0 Å². The van der Waals surface area contributed by atoms with E-state index in [0.717, 1.165) is 23.1 Å². The molecule has 2 aromatic carbocycles. The minimum atomic E-state index is -0.211. The van der Waals surface area contributed by atoms with Gasteiger partial charge in [0.1, 0.15) is 0 Å².